The summed E-state index contributed by atoms with van der Waals surface area (Å²) in [6.45, 7) is 0. The average molecular weight is 425 g/mol. The molecule has 0 saturated heterocycles. The van der Waals surface area contributed by atoms with Crippen molar-refractivity contribution in [1.29, 1.82) is 0 Å². The van der Waals surface area contributed by atoms with Crippen LogP contribution in [0, 0.1) is 0 Å². The maximum atomic E-state index is 12.9. The monoisotopic (exact) mass is 425 g/mol. The Hall–Kier alpha value is -2.00. The average Bonchev–Trinajstić information content (AvgIpc) is 2.69. The Labute approximate surface area is 170 Å². The second-order valence-electron chi connectivity index (χ2n) is 7.49. The van der Waals surface area contributed by atoms with E-state index < -0.39 is 23.6 Å². The Bertz CT molecular complexity index is 907. The van der Waals surface area contributed by atoms with E-state index >= 15 is 0 Å². The number of nitrogens with zero attached hydrogens (tertiary/aromatic N) is 2. The first-order valence-electron chi connectivity index (χ1n) is 9.66. The molecule has 2 aliphatic rings. The van der Waals surface area contributed by atoms with Crippen molar-refractivity contribution >= 4 is 17.6 Å². The highest BCUT2D eigenvalue weighted by Crippen LogP contribution is 2.40. The number of phenolic OH excluding ortho intramolecular Hbond substituents is 1. The third kappa shape index (κ3) is 4.16. The predicted molar refractivity (Wildman–Crippen MR) is 106 cm³/mol. The van der Waals surface area contributed by atoms with Crippen LogP contribution in [0.3, 0.4) is 0 Å². The van der Waals surface area contributed by atoms with Gasteiger partial charge in [-0.15, -0.1) is 10.2 Å². The molecule has 1 aromatic carbocycles. The number of anilines is 1. The molecule has 1 saturated carbocycles. The number of rotatable bonds is 3. The van der Waals surface area contributed by atoms with Gasteiger partial charge < -0.3 is 15.5 Å². The maximum absolute atomic E-state index is 12.9. The molecule has 2 heterocycles. The number of hydrogen-bond donors (Lipinski definition) is 3. The number of phenols is 1. The van der Waals surface area contributed by atoms with Gasteiger partial charge >= 0.3 is 6.18 Å². The first-order valence-corrected chi connectivity index (χ1v) is 10.8. The third-order valence-corrected chi connectivity index (χ3v) is 6.55. The van der Waals surface area contributed by atoms with Gasteiger partial charge in [-0.2, -0.15) is 24.9 Å². The number of halogens is 3. The standard InChI is InChI=1S/C20H22F3N3O2S/c21-20(22,23)11-5-6-13(17(28)9-11)18-14-10-29-8-7-12(14)19(26-25-18)24-15-3-1-2-4-16(15)27/h5-6,9,15-16,27-28H,1-4,7-8,10H2,(H,24,26)/t15-,16-/m1/s1. The van der Waals surface area contributed by atoms with E-state index in [1.807, 2.05) is 0 Å². The summed E-state index contributed by atoms with van der Waals surface area (Å²) in [7, 11) is 0. The summed E-state index contributed by atoms with van der Waals surface area (Å²) in [5.74, 6) is 1.71. The number of benzene rings is 1. The summed E-state index contributed by atoms with van der Waals surface area (Å²) in [4.78, 5) is 0. The molecule has 1 aromatic heterocycles. The fraction of sp³-hybridized carbons (Fsp3) is 0.500. The van der Waals surface area contributed by atoms with Gasteiger partial charge in [-0.3, -0.25) is 0 Å². The van der Waals surface area contributed by atoms with Crippen LogP contribution in [0.1, 0.15) is 42.4 Å². The van der Waals surface area contributed by atoms with Crippen LogP contribution in [0.4, 0.5) is 19.0 Å². The summed E-state index contributed by atoms with van der Waals surface area (Å²) < 4.78 is 38.7. The first kappa shape index (κ1) is 20.3. The molecule has 3 N–H and O–H groups in total. The molecule has 29 heavy (non-hydrogen) atoms. The van der Waals surface area contributed by atoms with Gasteiger partial charge in [-0.1, -0.05) is 12.8 Å². The molecule has 2 atom stereocenters. The summed E-state index contributed by atoms with van der Waals surface area (Å²) >= 11 is 1.71. The van der Waals surface area contributed by atoms with Gasteiger partial charge in [0.25, 0.3) is 0 Å². The number of thioether (sulfide) groups is 1. The van der Waals surface area contributed by atoms with Crippen LogP contribution < -0.4 is 5.32 Å². The van der Waals surface area contributed by atoms with Crippen LogP contribution >= 0.6 is 11.8 Å². The number of aromatic nitrogens is 2. The Morgan fingerprint density at radius 2 is 1.90 bits per heavy atom. The van der Waals surface area contributed by atoms with E-state index in [1.165, 1.54) is 6.07 Å². The van der Waals surface area contributed by atoms with Crippen molar-refractivity contribution in [2.75, 3.05) is 11.1 Å². The number of hydrogen-bond acceptors (Lipinski definition) is 6. The SMILES string of the molecule is Oc1cc(C(F)(F)F)ccc1-c1nnc(N[C@@H]2CCCC[C@H]2O)c2c1CSCC2. The molecule has 0 amide bonds. The molecule has 0 unspecified atom stereocenters. The van der Waals surface area contributed by atoms with E-state index in [1.54, 1.807) is 11.8 Å². The quantitative estimate of drug-likeness (QED) is 0.678. The summed E-state index contributed by atoms with van der Waals surface area (Å²) in [5, 5.41) is 32.4. The van der Waals surface area contributed by atoms with E-state index in [4.69, 9.17) is 0 Å². The Morgan fingerprint density at radius 3 is 2.62 bits per heavy atom. The zero-order chi connectivity index (χ0) is 20.6. The van der Waals surface area contributed by atoms with Crippen LogP contribution in [-0.2, 0) is 18.3 Å². The van der Waals surface area contributed by atoms with Gasteiger partial charge in [-0.25, -0.2) is 0 Å². The number of aliphatic hydroxyl groups is 1. The zero-order valence-electron chi connectivity index (χ0n) is 15.7. The van der Waals surface area contributed by atoms with Crippen molar-refractivity contribution in [3.05, 3.63) is 34.9 Å². The van der Waals surface area contributed by atoms with E-state index in [9.17, 15) is 23.4 Å². The molecule has 9 heteroatoms. The van der Waals surface area contributed by atoms with E-state index in [2.05, 4.69) is 15.5 Å². The largest absolute Gasteiger partial charge is 0.507 e. The Morgan fingerprint density at radius 1 is 1.10 bits per heavy atom. The molecule has 1 fully saturated rings. The van der Waals surface area contributed by atoms with E-state index in [-0.39, 0.29) is 11.6 Å². The van der Waals surface area contributed by atoms with Crippen LogP contribution in [0.15, 0.2) is 18.2 Å². The number of alkyl halides is 3. The topological polar surface area (TPSA) is 78.3 Å². The minimum absolute atomic E-state index is 0.0814. The lowest BCUT2D eigenvalue weighted by Crippen LogP contribution is -2.37. The smallest absolute Gasteiger partial charge is 0.416 e. The molecule has 0 radical (unpaired) electrons. The summed E-state index contributed by atoms with van der Waals surface area (Å²) in [6.07, 6.45) is -0.559. The maximum Gasteiger partial charge on any atom is 0.416 e. The van der Waals surface area contributed by atoms with Crippen molar-refractivity contribution in [3.8, 4) is 17.0 Å². The first-order chi connectivity index (χ1) is 13.8. The number of aliphatic hydroxyl groups excluding tert-OH is 1. The molecule has 1 aliphatic heterocycles. The fourth-order valence-electron chi connectivity index (χ4n) is 3.98. The van der Waals surface area contributed by atoms with Crippen molar-refractivity contribution < 1.29 is 23.4 Å². The van der Waals surface area contributed by atoms with Crippen molar-refractivity contribution in [2.24, 2.45) is 0 Å². The highest BCUT2D eigenvalue weighted by molar-refractivity contribution is 7.98. The van der Waals surface area contributed by atoms with Crippen LogP contribution in [0.2, 0.25) is 0 Å². The number of fused-ring (bicyclic) bond motifs is 1. The minimum Gasteiger partial charge on any atom is -0.507 e. The van der Waals surface area contributed by atoms with Crippen molar-refractivity contribution in [3.63, 3.8) is 0 Å². The molecule has 0 bridgehead atoms. The molecular formula is C20H22F3N3O2S. The molecule has 1 aliphatic carbocycles. The lowest BCUT2D eigenvalue weighted by atomic mass is 9.92. The highest BCUT2D eigenvalue weighted by Gasteiger charge is 2.32. The van der Waals surface area contributed by atoms with Gasteiger partial charge in [0, 0.05) is 16.9 Å². The van der Waals surface area contributed by atoms with E-state index in [0.717, 1.165) is 61.1 Å². The van der Waals surface area contributed by atoms with Gasteiger partial charge in [0.2, 0.25) is 0 Å². The molecule has 4 rings (SSSR count). The fourth-order valence-corrected chi connectivity index (χ4v) is 4.98. The second kappa shape index (κ2) is 8.02. The number of aromatic hydroxyl groups is 1. The summed E-state index contributed by atoms with van der Waals surface area (Å²) in [5.41, 5.74) is 1.59. The van der Waals surface area contributed by atoms with Gasteiger partial charge in [0.05, 0.1) is 17.7 Å². The number of nitrogens with one attached hydrogen (secondary N) is 1. The minimum atomic E-state index is -4.52. The molecule has 2 aromatic rings. The van der Waals surface area contributed by atoms with Crippen LogP contribution in [0.25, 0.3) is 11.3 Å². The van der Waals surface area contributed by atoms with Gasteiger partial charge in [0.1, 0.15) is 11.4 Å². The molecular weight excluding hydrogens is 403 g/mol. The van der Waals surface area contributed by atoms with Gasteiger partial charge in [-0.05, 0) is 48.8 Å². The van der Waals surface area contributed by atoms with Crippen molar-refractivity contribution in [1.82, 2.24) is 10.2 Å². The van der Waals surface area contributed by atoms with Crippen LogP contribution in [-0.4, -0.2) is 38.3 Å². The molecule has 156 valence electrons. The van der Waals surface area contributed by atoms with Crippen molar-refractivity contribution in [2.45, 2.75) is 56.2 Å². The molecule has 0 spiro atoms. The van der Waals surface area contributed by atoms with Gasteiger partial charge in [0.15, 0.2) is 5.82 Å². The predicted octanol–water partition coefficient (Wildman–Crippen LogP) is 4.37. The zero-order valence-corrected chi connectivity index (χ0v) is 16.5. The van der Waals surface area contributed by atoms with Crippen LogP contribution in [0.5, 0.6) is 5.75 Å². The normalized spacial score (nSPS) is 22.2. The molecule has 5 nitrogen and oxygen atoms in total. The third-order valence-electron chi connectivity index (χ3n) is 5.56. The lowest BCUT2D eigenvalue weighted by molar-refractivity contribution is -0.137. The lowest BCUT2D eigenvalue weighted by Gasteiger charge is -2.30. The Kier molecular flexibility index (Phi) is 5.61. The summed E-state index contributed by atoms with van der Waals surface area (Å²) in [6, 6.07) is 2.84. The second-order valence-corrected chi connectivity index (χ2v) is 8.59. The highest BCUT2D eigenvalue weighted by atomic mass is 32.2. The van der Waals surface area contributed by atoms with E-state index in [0.29, 0.717) is 17.3 Å². The Balaban J connectivity index is 1.71.